The van der Waals surface area contributed by atoms with Crippen molar-refractivity contribution in [2.45, 2.75) is 0 Å². The van der Waals surface area contributed by atoms with Crippen LogP contribution in [0.3, 0.4) is 0 Å². The average molecular weight is 409 g/mol. The maximum atomic E-state index is 5.27. The molecule has 4 aromatic carbocycles. The number of nitrogens with zero attached hydrogens (tertiary/aromatic N) is 3. The molecule has 6 rings (SSSR count). The molecule has 0 radical (unpaired) electrons. The SMILES string of the molecule is Bc1ccc2c(c1)c1nc(-c3ccccc3)c(-c3ccccc3)nc1n2-c1ccccc1. The van der Waals surface area contributed by atoms with Crippen LogP contribution in [0.5, 0.6) is 0 Å². The van der Waals surface area contributed by atoms with Gasteiger partial charge in [-0.2, -0.15) is 0 Å². The summed E-state index contributed by atoms with van der Waals surface area (Å²) in [5.74, 6) is 0. The Bertz CT molecular complexity index is 1560. The zero-order valence-electron chi connectivity index (χ0n) is 17.7. The Morgan fingerprint density at radius 2 is 1.16 bits per heavy atom. The lowest BCUT2D eigenvalue weighted by molar-refractivity contribution is 1.13. The zero-order chi connectivity index (χ0) is 21.5. The molecule has 2 aromatic heterocycles. The predicted molar refractivity (Wildman–Crippen MR) is 135 cm³/mol. The van der Waals surface area contributed by atoms with Gasteiger partial charge in [0.1, 0.15) is 13.4 Å². The van der Waals surface area contributed by atoms with Crippen LogP contribution < -0.4 is 5.46 Å². The van der Waals surface area contributed by atoms with E-state index in [1.54, 1.807) is 0 Å². The second-order valence-electron chi connectivity index (χ2n) is 8.02. The van der Waals surface area contributed by atoms with Crippen LogP contribution >= 0.6 is 0 Å². The van der Waals surface area contributed by atoms with Gasteiger partial charge >= 0.3 is 0 Å². The van der Waals surface area contributed by atoms with E-state index in [1.807, 2.05) is 42.5 Å². The Hall–Kier alpha value is -4.18. The van der Waals surface area contributed by atoms with Gasteiger partial charge < -0.3 is 0 Å². The van der Waals surface area contributed by atoms with Crippen LogP contribution in [-0.2, 0) is 0 Å². The van der Waals surface area contributed by atoms with Crippen molar-refractivity contribution in [2.75, 3.05) is 0 Å². The van der Waals surface area contributed by atoms with Gasteiger partial charge in [-0.3, -0.25) is 4.57 Å². The van der Waals surface area contributed by atoms with Gasteiger partial charge in [-0.05, 0) is 18.2 Å². The average Bonchev–Trinajstić information content (AvgIpc) is 3.17. The fourth-order valence-electron chi connectivity index (χ4n) is 4.34. The summed E-state index contributed by atoms with van der Waals surface area (Å²) in [7, 11) is 2.12. The first-order chi connectivity index (χ1) is 15.8. The molecule has 0 saturated carbocycles. The van der Waals surface area contributed by atoms with E-state index in [9.17, 15) is 0 Å². The van der Waals surface area contributed by atoms with Gasteiger partial charge in [0, 0.05) is 22.2 Å². The van der Waals surface area contributed by atoms with E-state index in [4.69, 9.17) is 9.97 Å². The van der Waals surface area contributed by atoms with Gasteiger partial charge in [0.05, 0.1) is 16.9 Å². The second-order valence-corrected chi connectivity index (χ2v) is 8.02. The summed E-state index contributed by atoms with van der Waals surface area (Å²) in [5.41, 5.74) is 9.11. The quantitative estimate of drug-likeness (QED) is 0.378. The fourth-order valence-corrected chi connectivity index (χ4v) is 4.34. The van der Waals surface area contributed by atoms with Gasteiger partial charge in [-0.25, -0.2) is 9.97 Å². The minimum absolute atomic E-state index is 0.871. The molecular formula is C28H20BN3. The predicted octanol–water partition coefficient (Wildman–Crippen LogP) is 5.17. The molecule has 6 aromatic rings. The van der Waals surface area contributed by atoms with Crippen LogP contribution in [0.15, 0.2) is 109 Å². The molecule has 0 bridgehead atoms. The summed E-state index contributed by atoms with van der Waals surface area (Å²) in [4.78, 5) is 10.5. The van der Waals surface area contributed by atoms with Gasteiger partial charge in [0.15, 0.2) is 5.65 Å². The lowest BCUT2D eigenvalue weighted by Gasteiger charge is -2.11. The van der Waals surface area contributed by atoms with Crippen LogP contribution in [0, 0.1) is 0 Å². The first-order valence-electron chi connectivity index (χ1n) is 10.8. The smallest absolute Gasteiger partial charge is 0.165 e. The largest absolute Gasteiger partial charge is 0.293 e. The van der Waals surface area contributed by atoms with Gasteiger partial charge in [-0.1, -0.05) is 96.5 Å². The van der Waals surface area contributed by atoms with Crippen molar-refractivity contribution < 1.29 is 0 Å². The van der Waals surface area contributed by atoms with E-state index in [0.717, 1.165) is 50.3 Å². The molecule has 0 N–H and O–H groups in total. The Morgan fingerprint density at radius 3 is 1.78 bits per heavy atom. The summed E-state index contributed by atoms with van der Waals surface area (Å²) in [5, 5.41) is 1.12. The highest BCUT2D eigenvalue weighted by Gasteiger charge is 2.20. The van der Waals surface area contributed by atoms with Crippen molar-refractivity contribution in [1.29, 1.82) is 0 Å². The number of fused-ring (bicyclic) bond motifs is 3. The van der Waals surface area contributed by atoms with Crippen LogP contribution in [0.1, 0.15) is 0 Å². The summed E-state index contributed by atoms with van der Waals surface area (Å²) in [6.45, 7) is 0. The topological polar surface area (TPSA) is 30.7 Å². The first-order valence-corrected chi connectivity index (χ1v) is 10.8. The van der Waals surface area contributed by atoms with Crippen molar-refractivity contribution in [2.24, 2.45) is 0 Å². The molecule has 0 fully saturated rings. The standard InChI is InChI=1S/C28H20BN3/c29-21-16-17-24-23(18-21)27-28(32(24)22-14-8-3-9-15-22)31-26(20-12-6-2-7-13-20)25(30-27)19-10-4-1-5-11-19/h1-18H,29H2. The third-order valence-corrected chi connectivity index (χ3v) is 5.85. The zero-order valence-corrected chi connectivity index (χ0v) is 17.7. The summed E-state index contributed by atoms with van der Waals surface area (Å²) in [6, 6.07) is 37.6. The molecule has 0 unspecified atom stereocenters. The minimum Gasteiger partial charge on any atom is -0.293 e. The maximum Gasteiger partial charge on any atom is 0.165 e. The van der Waals surface area contributed by atoms with E-state index in [0.29, 0.717) is 0 Å². The summed E-state index contributed by atoms with van der Waals surface area (Å²) in [6.07, 6.45) is 0. The molecule has 0 atom stereocenters. The van der Waals surface area contributed by atoms with Crippen molar-refractivity contribution in [3.63, 3.8) is 0 Å². The molecule has 2 heterocycles. The van der Waals surface area contributed by atoms with Crippen molar-refractivity contribution >= 4 is 35.4 Å². The fraction of sp³-hybridized carbons (Fsp3) is 0. The first kappa shape index (κ1) is 18.6. The Labute approximate surface area is 187 Å². The molecule has 150 valence electrons. The molecule has 0 spiro atoms. The highest BCUT2D eigenvalue weighted by Crippen LogP contribution is 2.35. The van der Waals surface area contributed by atoms with Crippen molar-refractivity contribution in [3.05, 3.63) is 109 Å². The van der Waals surface area contributed by atoms with Crippen LogP contribution in [0.4, 0.5) is 0 Å². The highest BCUT2D eigenvalue weighted by atomic mass is 15.1. The summed E-state index contributed by atoms with van der Waals surface area (Å²) < 4.78 is 2.22. The molecule has 0 aliphatic rings. The van der Waals surface area contributed by atoms with E-state index >= 15 is 0 Å². The third-order valence-electron chi connectivity index (χ3n) is 5.85. The van der Waals surface area contributed by atoms with E-state index in [-0.39, 0.29) is 0 Å². The molecule has 3 nitrogen and oxygen atoms in total. The van der Waals surface area contributed by atoms with Crippen LogP contribution in [-0.4, -0.2) is 22.4 Å². The van der Waals surface area contributed by atoms with E-state index in [2.05, 4.69) is 79.1 Å². The van der Waals surface area contributed by atoms with Gasteiger partial charge in [0.2, 0.25) is 0 Å². The normalized spacial score (nSPS) is 11.2. The monoisotopic (exact) mass is 409 g/mol. The lowest BCUT2D eigenvalue weighted by atomic mass is 9.95. The number of benzene rings is 4. The molecule has 0 saturated heterocycles. The Balaban J connectivity index is 1.78. The number of rotatable bonds is 3. The highest BCUT2D eigenvalue weighted by molar-refractivity contribution is 6.33. The molecule has 0 aliphatic carbocycles. The van der Waals surface area contributed by atoms with Crippen molar-refractivity contribution in [3.8, 4) is 28.2 Å². The summed E-state index contributed by atoms with van der Waals surface area (Å²) >= 11 is 0. The Morgan fingerprint density at radius 1 is 0.594 bits per heavy atom. The second kappa shape index (κ2) is 7.50. The number of para-hydroxylation sites is 1. The third kappa shape index (κ3) is 3.00. The van der Waals surface area contributed by atoms with Gasteiger partial charge in [-0.15, -0.1) is 0 Å². The number of aromatic nitrogens is 3. The lowest BCUT2D eigenvalue weighted by Crippen LogP contribution is -2.00. The minimum atomic E-state index is 0.871. The maximum absolute atomic E-state index is 5.27. The molecule has 4 heteroatoms. The van der Waals surface area contributed by atoms with Crippen LogP contribution in [0.25, 0.3) is 50.3 Å². The van der Waals surface area contributed by atoms with Gasteiger partial charge in [0.25, 0.3) is 0 Å². The molecule has 0 amide bonds. The number of hydrogen-bond donors (Lipinski definition) is 0. The van der Waals surface area contributed by atoms with Crippen LogP contribution in [0.2, 0.25) is 0 Å². The molecular weight excluding hydrogens is 389 g/mol. The molecule has 0 aliphatic heterocycles. The van der Waals surface area contributed by atoms with Crippen molar-refractivity contribution in [1.82, 2.24) is 14.5 Å². The van der Waals surface area contributed by atoms with E-state index < -0.39 is 0 Å². The van der Waals surface area contributed by atoms with E-state index in [1.165, 1.54) is 5.46 Å². The number of hydrogen-bond acceptors (Lipinski definition) is 2. The molecule has 32 heavy (non-hydrogen) atoms. The Kier molecular flexibility index (Phi) is 4.36.